The van der Waals surface area contributed by atoms with Gasteiger partial charge in [-0.2, -0.15) is 0 Å². The summed E-state index contributed by atoms with van der Waals surface area (Å²) in [5.74, 6) is 0.0439. The Bertz CT molecular complexity index is 529. The SMILES string of the molecule is CC(C(=O)N1CCC(N2CCCCC2)CC1)C(N)c1ccccc1.Cl.Cl. The maximum atomic E-state index is 12.8. The van der Waals surface area contributed by atoms with Crippen molar-refractivity contribution in [1.29, 1.82) is 0 Å². The summed E-state index contributed by atoms with van der Waals surface area (Å²) in [6, 6.07) is 10.4. The van der Waals surface area contributed by atoms with E-state index < -0.39 is 0 Å². The summed E-state index contributed by atoms with van der Waals surface area (Å²) < 4.78 is 0. The first-order chi connectivity index (χ1) is 11.7. The predicted octanol–water partition coefficient (Wildman–Crippen LogP) is 3.64. The molecule has 0 saturated carbocycles. The van der Waals surface area contributed by atoms with E-state index in [9.17, 15) is 4.79 Å². The maximum absolute atomic E-state index is 12.8. The van der Waals surface area contributed by atoms with Crippen LogP contribution in [-0.4, -0.2) is 47.9 Å². The number of nitrogens with two attached hydrogens (primary N) is 1. The second-order valence-electron chi connectivity index (χ2n) is 7.38. The summed E-state index contributed by atoms with van der Waals surface area (Å²) in [4.78, 5) is 17.5. The number of nitrogens with zero attached hydrogens (tertiary/aromatic N) is 2. The van der Waals surface area contributed by atoms with Crippen LogP contribution < -0.4 is 5.73 Å². The number of hydrogen-bond acceptors (Lipinski definition) is 3. The summed E-state index contributed by atoms with van der Waals surface area (Å²) >= 11 is 0. The lowest BCUT2D eigenvalue weighted by molar-refractivity contribution is -0.137. The van der Waals surface area contributed by atoms with Crippen LogP contribution in [-0.2, 0) is 4.79 Å². The Balaban J connectivity index is 0.00000169. The van der Waals surface area contributed by atoms with Crippen LogP contribution in [0.25, 0.3) is 0 Å². The molecular weight excluding hydrogens is 369 g/mol. The molecule has 148 valence electrons. The summed E-state index contributed by atoms with van der Waals surface area (Å²) in [7, 11) is 0. The van der Waals surface area contributed by atoms with Gasteiger partial charge >= 0.3 is 0 Å². The maximum Gasteiger partial charge on any atom is 0.227 e. The van der Waals surface area contributed by atoms with E-state index in [1.165, 1.54) is 32.4 Å². The first kappa shape index (κ1) is 23.2. The van der Waals surface area contributed by atoms with Crippen LogP contribution in [0.2, 0.25) is 0 Å². The predicted molar refractivity (Wildman–Crippen MR) is 112 cm³/mol. The highest BCUT2D eigenvalue weighted by Crippen LogP contribution is 2.25. The molecule has 0 aromatic heterocycles. The molecule has 26 heavy (non-hydrogen) atoms. The van der Waals surface area contributed by atoms with Crippen molar-refractivity contribution in [1.82, 2.24) is 9.80 Å². The van der Waals surface area contributed by atoms with E-state index in [-0.39, 0.29) is 42.7 Å². The molecule has 0 aliphatic carbocycles. The average molecular weight is 402 g/mol. The normalized spacial score (nSPS) is 21.2. The average Bonchev–Trinajstić information content (AvgIpc) is 2.68. The van der Waals surface area contributed by atoms with Gasteiger partial charge in [0.1, 0.15) is 0 Å². The largest absolute Gasteiger partial charge is 0.342 e. The second kappa shape index (κ2) is 11.1. The van der Waals surface area contributed by atoms with Gasteiger partial charge in [0.05, 0.1) is 5.92 Å². The first-order valence-electron chi connectivity index (χ1n) is 9.50. The van der Waals surface area contributed by atoms with Crippen molar-refractivity contribution >= 4 is 30.7 Å². The lowest BCUT2D eigenvalue weighted by Gasteiger charge is -2.41. The van der Waals surface area contributed by atoms with Crippen LogP contribution in [0.15, 0.2) is 30.3 Å². The quantitative estimate of drug-likeness (QED) is 0.837. The zero-order chi connectivity index (χ0) is 16.9. The number of likely N-dealkylation sites (tertiary alicyclic amines) is 2. The molecule has 4 nitrogen and oxygen atoms in total. The van der Waals surface area contributed by atoms with Crippen LogP contribution in [0.1, 0.15) is 50.6 Å². The molecule has 0 spiro atoms. The van der Waals surface area contributed by atoms with Crippen molar-refractivity contribution in [2.45, 2.75) is 51.1 Å². The van der Waals surface area contributed by atoms with Crippen molar-refractivity contribution in [3.05, 3.63) is 35.9 Å². The third kappa shape index (κ3) is 5.59. The zero-order valence-electron chi connectivity index (χ0n) is 15.7. The fourth-order valence-electron chi connectivity index (χ4n) is 4.14. The van der Waals surface area contributed by atoms with Crippen LogP contribution in [0.4, 0.5) is 0 Å². The van der Waals surface area contributed by atoms with Gasteiger partial charge in [0.25, 0.3) is 0 Å². The van der Waals surface area contributed by atoms with Crippen LogP contribution >= 0.6 is 24.8 Å². The Labute approximate surface area is 170 Å². The lowest BCUT2D eigenvalue weighted by Crippen LogP contribution is -2.50. The Kier molecular flexibility index (Phi) is 9.94. The Morgan fingerprint density at radius 3 is 2.15 bits per heavy atom. The number of piperidine rings is 2. The number of rotatable bonds is 4. The highest BCUT2D eigenvalue weighted by molar-refractivity contribution is 5.85. The summed E-state index contributed by atoms with van der Waals surface area (Å²) in [5.41, 5.74) is 7.38. The van der Waals surface area contributed by atoms with Gasteiger partial charge in [-0.3, -0.25) is 4.79 Å². The monoisotopic (exact) mass is 401 g/mol. The van der Waals surface area contributed by atoms with E-state index >= 15 is 0 Å². The minimum Gasteiger partial charge on any atom is -0.342 e. The van der Waals surface area contributed by atoms with E-state index in [4.69, 9.17) is 5.73 Å². The van der Waals surface area contributed by atoms with Crippen molar-refractivity contribution in [3.63, 3.8) is 0 Å². The van der Waals surface area contributed by atoms with E-state index in [0.717, 1.165) is 31.5 Å². The van der Waals surface area contributed by atoms with E-state index in [1.54, 1.807) is 0 Å². The fraction of sp³-hybridized carbons (Fsp3) is 0.650. The molecule has 2 N–H and O–H groups in total. The van der Waals surface area contributed by atoms with E-state index in [0.29, 0.717) is 6.04 Å². The number of carbonyl (C=O) groups excluding carboxylic acids is 1. The number of benzene rings is 1. The van der Waals surface area contributed by atoms with Crippen LogP contribution in [0, 0.1) is 5.92 Å². The molecule has 2 saturated heterocycles. The molecule has 0 radical (unpaired) electrons. The molecule has 3 rings (SSSR count). The minimum absolute atomic E-state index is 0. The number of halogens is 2. The number of hydrogen-bond donors (Lipinski definition) is 1. The molecule has 2 aliphatic rings. The number of amides is 1. The molecule has 1 aromatic rings. The first-order valence-corrected chi connectivity index (χ1v) is 9.50. The molecule has 2 fully saturated rings. The molecule has 2 aliphatic heterocycles. The van der Waals surface area contributed by atoms with Crippen molar-refractivity contribution < 1.29 is 4.79 Å². The molecule has 1 amide bonds. The van der Waals surface area contributed by atoms with Crippen molar-refractivity contribution in [3.8, 4) is 0 Å². The molecule has 2 atom stereocenters. The Hall–Kier alpha value is -0.810. The highest BCUT2D eigenvalue weighted by atomic mass is 35.5. The summed E-state index contributed by atoms with van der Waals surface area (Å²) in [5, 5.41) is 0. The zero-order valence-corrected chi connectivity index (χ0v) is 17.3. The van der Waals surface area contributed by atoms with Crippen LogP contribution in [0.3, 0.4) is 0 Å². The van der Waals surface area contributed by atoms with Crippen molar-refractivity contribution in [2.75, 3.05) is 26.2 Å². The van der Waals surface area contributed by atoms with Gasteiger partial charge in [-0.25, -0.2) is 0 Å². The van der Waals surface area contributed by atoms with Gasteiger partial charge in [0.15, 0.2) is 0 Å². The van der Waals surface area contributed by atoms with Gasteiger partial charge in [-0.05, 0) is 44.3 Å². The van der Waals surface area contributed by atoms with Crippen molar-refractivity contribution in [2.24, 2.45) is 11.7 Å². The molecule has 2 unspecified atom stereocenters. The third-order valence-electron chi connectivity index (χ3n) is 5.80. The molecule has 6 heteroatoms. The molecule has 0 bridgehead atoms. The van der Waals surface area contributed by atoms with E-state index in [2.05, 4.69) is 4.90 Å². The highest BCUT2D eigenvalue weighted by Gasteiger charge is 2.31. The van der Waals surface area contributed by atoms with Gasteiger partial charge in [0, 0.05) is 25.2 Å². The molecule has 1 aromatic carbocycles. The Morgan fingerprint density at radius 1 is 1.00 bits per heavy atom. The molecular formula is C20H33Cl2N3O. The van der Waals surface area contributed by atoms with Gasteiger partial charge in [0.2, 0.25) is 5.91 Å². The standard InChI is InChI=1S/C20H31N3O.2ClH/c1-16(19(21)17-8-4-2-5-9-17)20(24)23-14-10-18(11-15-23)22-12-6-3-7-13-22;;/h2,4-5,8-9,16,18-19H,3,6-7,10-15,21H2,1H3;2*1H. The van der Waals surface area contributed by atoms with Gasteiger partial charge in [-0.15, -0.1) is 24.8 Å². The van der Waals surface area contributed by atoms with Gasteiger partial charge < -0.3 is 15.5 Å². The third-order valence-corrected chi connectivity index (χ3v) is 5.80. The lowest BCUT2D eigenvalue weighted by atomic mass is 9.92. The minimum atomic E-state index is -0.224. The summed E-state index contributed by atoms with van der Waals surface area (Å²) in [6.45, 7) is 6.22. The van der Waals surface area contributed by atoms with Gasteiger partial charge in [-0.1, -0.05) is 43.7 Å². The smallest absolute Gasteiger partial charge is 0.227 e. The number of carbonyl (C=O) groups is 1. The summed E-state index contributed by atoms with van der Waals surface area (Å²) in [6.07, 6.45) is 6.27. The molecule has 2 heterocycles. The van der Waals surface area contributed by atoms with E-state index in [1.807, 2.05) is 42.2 Å². The second-order valence-corrected chi connectivity index (χ2v) is 7.38. The fourth-order valence-corrected chi connectivity index (χ4v) is 4.14. The topological polar surface area (TPSA) is 49.6 Å². The van der Waals surface area contributed by atoms with Crippen LogP contribution in [0.5, 0.6) is 0 Å². The Morgan fingerprint density at radius 2 is 1.58 bits per heavy atom.